The Morgan fingerprint density at radius 3 is 2.73 bits per heavy atom. The number of carbonyl (C=O) groups is 2. The molecule has 1 aliphatic rings. The van der Waals surface area contributed by atoms with Crippen LogP contribution in [0.4, 0.5) is 0 Å². The normalized spacial score (nSPS) is 18.9. The maximum Gasteiger partial charge on any atom is 0.243 e. The first-order valence-corrected chi connectivity index (χ1v) is 7.38. The number of amides is 2. The molecule has 1 fully saturated rings. The Balaban J connectivity index is 2.14. The standard InChI is InChI=1S/C16H23N3O3/c1-17-16(21)13-11-18(2)8-9-19(13)15(20)10-12-6-4-5-7-14(12)22-3/h4-7,13H,8-11H2,1-3H3,(H,17,21)/t13-/m0/s1. The van der Waals surface area contributed by atoms with E-state index in [1.165, 1.54) is 0 Å². The molecule has 0 radical (unpaired) electrons. The van der Waals surface area contributed by atoms with Crippen molar-refractivity contribution in [2.75, 3.05) is 40.8 Å². The fourth-order valence-electron chi connectivity index (χ4n) is 2.72. The van der Waals surface area contributed by atoms with Crippen LogP contribution in [0.2, 0.25) is 0 Å². The second-order valence-corrected chi connectivity index (χ2v) is 5.47. The molecule has 1 aliphatic heterocycles. The molecule has 1 aromatic carbocycles. The molecule has 0 bridgehead atoms. The number of para-hydroxylation sites is 1. The fourth-order valence-corrected chi connectivity index (χ4v) is 2.72. The summed E-state index contributed by atoms with van der Waals surface area (Å²) in [6.07, 6.45) is 0.237. The van der Waals surface area contributed by atoms with Gasteiger partial charge in [-0.1, -0.05) is 18.2 Å². The Hall–Kier alpha value is -2.08. The van der Waals surface area contributed by atoms with Crippen LogP contribution in [-0.2, 0) is 16.0 Å². The molecule has 22 heavy (non-hydrogen) atoms. The molecule has 2 rings (SSSR count). The molecular formula is C16H23N3O3. The minimum absolute atomic E-state index is 0.0498. The lowest BCUT2D eigenvalue weighted by Crippen LogP contribution is -2.59. The van der Waals surface area contributed by atoms with Crippen LogP contribution in [0.15, 0.2) is 24.3 Å². The maximum atomic E-state index is 12.6. The van der Waals surface area contributed by atoms with Gasteiger partial charge in [0.2, 0.25) is 11.8 Å². The first-order chi connectivity index (χ1) is 10.6. The van der Waals surface area contributed by atoms with E-state index in [1.54, 1.807) is 19.1 Å². The van der Waals surface area contributed by atoms with Crippen molar-refractivity contribution >= 4 is 11.8 Å². The highest BCUT2D eigenvalue weighted by Crippen LogP contribution is 2.20. The van der Waals surface area contributed by atoms with Crippen molar-refractivity contribution in [3.8, 4) is 5.75 Å². The topological polar surface area (TPSA) is 61.9 Å². The summed E-state index contributed by atoms with van der Waals surface area (Å²) in [6.45, 7) is 1.88. The third-order valence-corrected chi connectivity index (χ3v) is 3.99. The average molecular weight is 305 g/mol. The second kappa shape index (κ2) is 7.26. The van der Waals surface area contributed by atoms with Crippen LogP contribution in [0.5, 0.6) is 5.75 Å². The van der Waals surface area contributed by atoms with Crippen molar-refractivity contribution in [3.05, 3.63) is 29.8 Å². The van der Waals surface area contributed by atoms with Crippen molar-refractivity contribution in [2.45, 2.75) is 12.5 Å². The van der Waals surface area contributed by atoms with Crippen LogP contribution in [0.3, 0.4) is 0 Å². The number of methoxy groups -OCH3 is 1. The van der Waals surface area contributed by atoms with Crippen LogP contribution in [-0.4, -0.2) is 68.5 Å². The zero-order chi connectivity index (χ0) is 16.1. The van der Waals surface area contributed by atoms with E-state index >= 15 is 0 Å². The number of piperazine rings is 1. The number of nitrogens with one attached hydrogen (secondary N) is 1. The average Bonchev–Trinajstić information content (AvgIpc) is 2.54. The number of hydrogen-bond acceptors (Lipinski definition) is 4. The Labute approximate surface area is 131 Å². The van der Waals surface area contributed by atoms with Gasteiger partial charge in [0.25, 0.3) is 0 Å². The van der Waals surface area contributed by atoms with Gasteiger partial charge in [0.05, 0.1) is 13.5 Å². The van der Waals surface area contributed by atoms with Gasteiger partial charge in [0.1, 0.15) is 11.8 Å². The number of rotatable bonds is 4. The van der Waals surface area contributed by atoms with Crippen LogP contribution in [0, 0.1) is 0 Å². The Morgan fingerprint density at radius 2 is 2.05 bits per heavy atom. The van der Waals surface area contributed by atoms with E-state index in [0.717, 1.165) is 12.1 Å². The molecule has 1 N–H and O–H groups in total. The molecule has 0 aliphatic carbocycles. The Kier molecular flexibility index (Phi) is 5.38. The molecule has 0 spiro atoms. The minimum atomic E-state index is -0.439. The number of carbonyl (C=O) groups excluding carboxylic acids is 2. The number of nitrogens with zero attached hydrogens (tertiary/aromatic N) is 2. The van der Waals surface area contributed by atoms with Gasteiger partial charge in [-0.15, -0.1) is 0 Å². The van der Waals surface area contributed by atoms with E-state index in [9.17, 15) is 9.59 Å². The van der Waals surface area contributed by atoms with E-state index < -0.39 is 6.04 Å². The van der Waals surface area contributed by atoms with Gasteiger partial charge < -0.3 is 19.9 Å². The minimum Gasteiger partial charge on any atom is -0.496 e. The first kappa shape index (κ1) is 16.3. The van der Waals surface area contributed by atoms with Crippen LogP contribution in [0.1, 0.15) is 5.56 Å². The Morgan fingerprint density at radius 1 is 1.32 bits per heavy atom. The van der Waals surface area contributed by atoms with E-state index in [2.05, 4.69) is 10.2 Å². The van der Waals surface area contributed by atoms with Gasteiger partial charge >= 0.3 is 0 Å². The zero-order valence-corrected chi connectivity index (χ0v) is 13.3. The maximum absolute atomic E-state index is 12.6. The van der Waals surface area contributed by atoms with Crippen molar-refractivity contribution in [3.63, 3.8) is 0 Å². The zero-order valence-electron chi connectivity index (χ0n) is 13.3. The van der Waals surface area contributed by atoms with Crippen LogP contribution < -0.4 is 10.1 Å². The highest BCUT2D eigenvalue weighted by Gasteiger charge is 2.33. The number of benzene rings is 1. The lowest BCUT2D eigenvalue weighted by molar-refractivity contribution is -0.143. The lowest BCUT2D eigenvalue weighted by Gasteiger charge is -2.39. The van der Waals surface area contributed by atoms with Crippen molar-refractivity contribution in [2.24, 2.45) is 0 Å². The quantitative estimate of drug-likeness (QED) is 0.859. The van der Waals surface area contributed by atoms with E-state index in [-0.39, 0.29) is 18.2 Å². The molecule has 1 heterocycles. The smallest absolute Gasteiger partial charge is 0.243 e. The molecular weight excluding hydrogens is 282 g/mol. The summed E-state index contributed by atoms with van der Waals surface area (Å²) in [5, 5.41) is 2.64. The molecule has 0 saturated carbocycles. The van der Waals surface area contributed by atoms with Crippen molar-refractivity contribution in [1.29, 1.82) is 0 Å². The number of ether oxygens (including phenoxy) is 1. The molecule has 6 nitrogen and oxygen atoms in total. The van der Waals surface area contributed by atoms with Gasteiger partial charge in [-0.2, -0.15) is 0 Å². The third-order valence-electron chi connectivity index (χ3n) is 3.99. The molecule has 0 unspecified atom stereocenters. The molecule has 2 amide bonds. The largest absolute Gasteiger partial charge is 0.496 e. The summed E-state index contributed by atoms with van der Waals surface area (Å²) < 4.78 is 5.29. The summed E-state index contributed by atoms with van der Waals surface area (Å²) in [5.41, 5.74) is 0.838. The molecule has 120 valence electrons. The molecule has 1 atom stereocenters. The summed E-state index contributed by atoms with van der Waals surface area (Å²) in [4.78, 5) is 28.4. The monoisotopic (exact) mass is 305 g/mol. The summed E-state index contributed by atoms with van der Waals surface area (Å²) >= 11 is 0. The van der Waals surface area contributed by atoms with Gasteiger partial charge in [0, 0.05) is 32.2 Å². The first-order valence-electron chi connectivity index (χ1n) is 7.38. The summed E-state index contributed by atoms with van der Waals surface area (Å²) in [5.74, 6) is 0.521. The molecule has 0 aromatic heterocycles. The van der Waals surface area contributed by atoms with Gasteiger partial charge in [0.15, 0.2) is 0 Å². The second-order valence-electron chi connectivity index (χ2n) is 5.47. The number of hydrogen-bond donors (Lipinski definition) is 1. The van der Waals surface area contributed by atoms with E-state index in [0.29, 0.717) is 18.8 Å². The predicted molar refractivity (Wildman–Crippen MR) is 83.8 cm³/mol. The lowest BCUT2D eigenvalue weighted by atomic mass is 10.1. The molecule has 1 aromatic rings. The highest BCUT2D eigenvalue weighted by molar-refractivity contribution is 5.89. The highest BCUT2D eigenvalue weighted by atomic mass is 16.5. The molecule has 6 heteroatoms. The number of likely N-dealkylation sites (N-methyl/N-ethyl adjacent to an activating group) is 2. The van der Waals surface area contributed by atoms with Gasteiger partial charge in [-0.3, -0.25) is 9.59 Å². The van der Waals surface area contributed by atoms with Crippen LogP contribution in [0.25, 0.3) is 0 Å². The third kappa shape index (κ3) is 3.57. The van der Waals surface area contributed by atoms with Crippen LogP contribution >= 0.6 is 0 Å². The fraction of sp³-hybridized carbons (Fsp3) is 0.500. The molecule has 1 saturated heterocycles. The predicted octanol–water partition coefficient (Wildman–Crippen LogP) is 0.126. The van der Waals surface area contributed by atoms with Gasteiger partial charge in [-0.05, 0) is 13.1 Å². The summed E-state index contributed by atoms with van der Waals surface area (Å²) in [7, 11) is 5.14. The van der Waals surface area contributed by atoms with E-state index in [4.69, 9.17) is 4.74 Å². The van der Waals surface area contributed by atoms with Crippen molar-refractivity contribution in [1.82, 2.24) is 15.1 Å². The SMILES string of the molecule is CNC(=O)[C@@H]1CN(C)CCN1C(=O)Cc1ccccc1OC. The van der Waals surface area contributed by atoms with E-state index in [1.807, 2.05) is 31.3 Å². The summed E-state index contributed by atoms with van der Waals surface area (Å²) in [6, 6.07) is 7.03. The van der Waals surface area contributed by atoms with Crippen molar-refractivity contribution < 1.29 is 14.3 Å². The Bertz CT molecular complexity index is 547. The van der Waals surface area contributed by atoms with Gasteiger partial charge in [-0.25, -0.2) is 0 Å².